The van der Waals surface area contributed by atoms with Gasteiger partial charge in [0.25, 0.3) is 0 Å². The molecular weight excluding hydrogens is 364 g/mol. The van der Waals surface area contributed by atoms with E-state index in [-0.39, 0.29) is 6.61 Å². The highest BCUT2D eigenvalue weighted by Crippen LogP contribution is 2.38. The van der Waals surface area contributed by atoms with Gasteiger partial charge in [-0.05, 0) is 23.8 Å². The van der Waals surface area contributed by atoms with Crippen LogP contribution >= 0.6 is 11.3 Å². The van der Waals surface area contributed by atoms with E-state index in [4.69, 9.17) is 16.1 Å². The number of ether oxygens (including phenoxy) is 1. The second-order valence-electron chi connectivity index (χ2n) is 6.33. The molecule has 2 aromatic heterocycles. The SMILES string of the molecule is C#CCOc1c(/C=C/c2cc[n+](C)cc2)cccc1-c1nc2ccccc2s1. The zero-order chi connectivity index (χ0) is 19.3. The Bertz CT molecular complexity index is 1150. The number of aryl methyl sites for hydroxylation is 1. The summed E-state index contributed by atoms with van der Waals surface area (Å²) in [5, 5.41) is 0.926. The number of pyridine rings is 1. The Kier molecular flexibility index (Phi) is 5.18. The summed E-state index contributed by atoms with van der Waals surface area (Å²) in [6, 6.07) is 18.3. The van der Waals surface area contributed by atoms with Crippen LogP contribution in [-0.2, 0) is 7.05 Å². The van der Waals surface area contributed by atoms with Crippen LogP contribution in [0.15, 0.2) is 67.0 Å². The zero-order valence-electron chi connectivity index (χ0n) is 15.5. The second kappa shape index (κ2) is 8.08. The highest BCUT2D eigenvalue weighted by molar-refractivity contribution is 7.21. The Balaban J connectivity index is 1.77. The molecule has 4 aromatic rings. The monoisotopic (exact) mass is 383 g/mol. The third-order valence-corrected chi connectivity index (χ3v) is 5.40. The van der Waals surface area contributed by atoms with E-state index in [9.17, 15) is 0 Å². The average Bonchev–Trinajstić information content (AvgIpc) is 3.16. The van der Waals surface area contributed by atoms with Crippen LogP contribution in [0.1, 0.15) is 11.1 Å². The Labute approximate surface area is 168 Å². The van der Waals surface area contributed by atoms with Gasteiger partial charge < -0.3 is 4.74 Å². The van der Waals surface area contributed by atoms with Crippen LogP contribution < -0.4 is 9.30 Å². The molecule has 28 heavy (non-hydrogen) atoms. The van der Waals surface area contributed by atoms with Crippen molar-refractivity contribution in [3.05, 3.63) is 78.1 Å². The van der Waals surface area contributed by atoms with Gasteiger partial charge in [-0.1, -0.05) is 42.3 Å². The number of nitrogens with zero attached hydrogens (tertiary/aromatic N) is 2. The van der Waals surface area contributed by atoms with Crippen LogP contribution in [0.4, 0.5) is 0 Å². The smallest absolute Gasteiger partial charge is 0.169 e. The van der Waals surface area contributed by atoms with Gasteiger partial charge in [0, 0.05) is 17.7 Å². The van der Waals surface area contributed by atoms with E-state index in [0.717, 1.165) is 37.7 Å². The number of terminal acetylenes is 1. The van der Waals surface area contributed by atoms with Crippen molar-refractivity contribution in [3.8, 4) is 28.7 Å². The number of thiazole rings is 1. The standard InChI is InChI=1S/C24H19N2OS/c1-3-17-27-23-19(12-11-18-13-15-26(2)16-14-18)7-6-8-20(23)24-25-21-9-4-5-10-22(21)28-24/h1,4-16H,17H2,2H3/q+1/b12-11+. The number of aromatic nitrogens is 2. The average molecular weight is 383 g/mol. The number of hydrogen-bond acceptors (Lipinski definition) is 3. The molecule has 0 N–H and O–H groups in total. The van der Waals surface area contributed by atoms with Gasteiger partial charge in [0.15, 0.2) is 12.4 Å². The molecule has 0 unspecified atom stereocenters. The predicted molar refractivity (Wildman–Crippen MR) is 116 cm³/mol. The lowest BCUT2D eigenvalue weighted by Crippen LogP contribution is -2.25. The molecule has 4 rings (SSSR count). The van der Waals surface area contributed by atoms with Gasteiger partial charge in [-0.2, -0.15) is 0 Å². The van der Waals surface area contributed by atoms with E-state index in [1.165, 1.54) is 0 Å². The molecule has 0 amide bonds. The quantitative estimate of drug-likeness (QED) is 0.359. The number of para-hydroxylation sites is 2. The summed E-state index contributed by atoms with van der Waals surface area (Å²) >= 11 is 1.65. The molecule has 0 spiro atoms. The van der Waals surface area contributed by atoms with E-state index in [0.29, 0.717) is 0 Å². The largest absolute Gasteiger partial charge is 0.480 e. The van der Waals surface area contributed by atoms with E-state index < -0.39 is 0 Å². The van der Waals surface area contributed by atoms with Crippen LogP contribution in [-0.4, -0.2) is 11.6 Å². The van der Waals surface area contributed by atoms with Crippen molar-refractivity contribution in [1.82, 2.24) is 4.98 Å². The molecule has 0 radical (unpaired) electrons. The Hall–Kier alpha value is -3.42. The van der Waals surface area contributed by atoms with Gasteiger partial charge in [0.05, 0.1) is 15.8 Å². The number of benzene rings is 2. The second-order valence-corrected chi connectivity index (χ2v) is 7.36. The van der Waals surface area contributed by atoms with Gasteiger partial charge in [-0.3, -0.25) is 0 Å². The molecule has 0 bridgehead atoms. The fourth-order valence-corrected chi connectivity index (χ4v) is 3.91. The maximum atomic E-state index is 5.95. The molecule has 0 saturated heterocycles. The van der Waals surface area contributed by atoms with Crippen molar-refractivity contribution >= 4 is 33.7 Å². The first-order valence-corrected chi connectivity index (χ1v) is 9.75. The summed E-state index contributed by atoms with van der Waals surface area (Å²) < 4.78 is 9.11. The first kappa shape index (κ1) is 18.0. The van der Waals surface area contributed by atoms with E-state index in [1.54, 1.807) is 11.3 Å². The van der Waals surface area contributed by atoms with E-state index in [1.807, 2.05) is 60.4 Å². The fraction of sp³-hybridized carbons (Fsp3) is 0.0833. The van der Waals surface area contributed by atoms with E-state index >= 15 is 0 Å². The molecule has 0 saturated carbocycles. The molecule has 136 valence electrons. The molecule has 0 fully saturated rings. The summed E-state index contributed by atoms with van der Waals surface area (Å²) in [4.78, 5) is 4.78. The molecule has 2 aromatic carbocycles. The van der Waals surface area contributed by atoms with Crippen molar-refractivity contribution in [3.63, 3.8) is 0 Å². The van der Waals surface area contributed by atoms with Gasteiger partial charge in [-0.15, -0.1) is 17.8 Å². The Morgan fingerprint density at radius 3 is 2.68 bits per heavy atom. The lowest BCUT2D eigenvalue weighted by Gasteiger charge is -2.11. The number of rotatable bonds is 5. The topological polar surface area (TPSA) is 26.0 Å². The van der Waals surface area contributed by atoms with Crippen LogP contribution in [0.2, 0.25) is 0 Å². The Morgan fingerprint density at radius 1 is 1.07 bits per heavy atom. The molecule has 2 heterocycles. The van der Waals surface area contributed by atoms with Crippen molar-refractivity contribution < 1.29 is 9.30 Å². The summed E-state index contributed by atoms with van der Waals surface area (Å²) in [7, 11) is 2.00. The first-order valence-electron chi connectivity index (χ1n) is 8.93. The van der Waals surface area contributed by atoms with Gasteiger partial charge >= 0.3 is 0 Å². The minimum atomic E-state index is 0.212. The van der Waals surface area contributed by atoms with Crippen molar-refractivity contribution in [2.45, 2.75) is 0 Å². The number of fused-ring (bicyclic) bond motifs is 1. The lowest BCUT2D eigenvalue weighted by atomic mass is 10.1. The summed E-state index contributed by atoms with van der Waals surface area (Å²) in [6.07, 6.45) is 13.6. The molecule has 3 nitrogen and oxygen atoms in total. The van der Waals surface area contributed by atoms with Gasteiger partial charge in [0.1, 0.15) is 24.4 Å². The van der Waals surface area contributed by atoms with Crippen LogP contribution in [0.3, 0.4) is 0 Å². The van der Waals surface area contributed by atoms with Crippen molar-refractivity contribution in [2.24, 2.45) is 7.05 Å². The summed E-state index contributed by atoms with van der Waals surface area (Å²) in [5.41, 5.74) is 4.04. The predicted octanol–water partition coefficient (Wildman–Crippen LogP) is 4.97. The molecule has 4 heteroatoms. The zero-order valence-corrected chi connectivity index (χ0v) is 16.3. The number of hydrogen-bond donors (Lipinski definition) is 0. The maximum Gasteiger partial charge on any atom is 0.169 e. The summed E-state index contributed by atoms with van der Waals surface area (Å²) in [5.74, 6) is 3.32. The maximum absolute atomic E-state index is 5.95. The highest BCUT2D eigenvalue weighted by Gasteiger charge is 2.14. The normalized spacial score (nSPS) is 11.0. The van der Waals surface area contributed by atoms with Crippen molar-refractivity contribution in [2.75, 3.05) is 6.61 Å². The lowest BCUT2D eigenvalue weighted by molar-refractivity contribution is -0.671. The highest BCUT2D eigenvalue weighted by atomic mass is 32.1. The van der Waals surface area contributed by atoms with Gasteiger partial charge in [-0.25, -0.2) is 9.55 Å². The minimum Gasteiger partial charge on any atom is -0.480 e. The van der Waals surface area contributed by atoms with Gasteiger partial charge in [0.2, 0.25) is 0 Å². The van der Waals surface area contributed by atoms with Crippen molar-refractivity contribution in [1.29, 1.82) is 0 Å². The fourth-order valence-electron chi connectivity index (χ4n) is 2.93. The first-order chi connectivity index (χ1) is 13.7. The third-order valence-electron chi connectivity index (χ3n) is 4.33. The molecular formula is C24H19N2OS+. The molecule has 0 atom stereocenters. The molecule has 0 aliphatic rings. The van der Waals surface area contributed by atoms with E-state index in [2.05, 4.69) is 36.3 Å². The Morgan fingerprint density at radius 2 is 1.89 bits per heavy atom. The minimum absolute atomic E-state index is 0.212. The van der Waals surface area contributed by atoms with Crippen LogP contribution in [0.5, 0.6) is 5.75 Å². The van der Waals surface area contributed by atoms with Crippen LogP contribution in [0, 0.1) is 12.3 Å². The molecule has 0 aliphatic heterocycles. The van der Waals surface area contributed by atoms with Crippen LogP contribution in [0.25, 0.3) is 32.9 Å². The summed E-state index contributed by atoms with van der Waals surface area (Å²) in [6.45, 7) is 0.212. The third kappa shape index (κ3) is 3.80. The molecule has 0 aliphatic carbocycles.